The summed E-state index contributed by atoms with van der Waals surface area (Å²) >= 11 is 0. The van der Waals surface area contributed by atoms with Gasteiger partial charge in [0.05, 0.1) is 12.2 Å². The Bertz CT molecular complexity index is 737. The lowest BCUT2D eigenvalue weighted by Gasteiger charge is -2.36. The molecular formula is C30H44F6. The zero-order valence-electron chi connectivity index (χ0n) is 21.8. The van der Waals surface area contributed by atoms with E-state index in [1.807, 2.05) is 0 Å². The first-order valence-corrected chi connectivity index (χ1v) is 14.3. The molecule has 36 heavy (non-hydrogen) atoms. The van der Waals surface area contributed by atoms with E-state index in [1.165, 1.54) is 44.6 Å². The van der Waals surface area contributed by atoms with Gasteiger partial charge in [0.2, 0.25) is 0 Å². The average Bonchev–Trinajstić information content (AvgIpc) is 2.86. The summed E-state index contributed by atoms with van der Waals surface area (Å²) in [6.45, 7) is 2.15. The fourth-order valence-electron chi connectivity index (χ4n) is 6.86. The molecule has 0 radical (unpaired) electrons. The number of hydrogen-bond acceptors (Lipinski definition) is 0. The molecule has 0 bridgehead atoms. The van der Waals surface area contributed by atoms with Gasteiger partial charge >= 0.3 is 6.18 Å². The molecule has 0 unspecified atom stereocenters. The van der Waals surface area contributed by atoms with Crippen molar-refractivity contribution in [3.63, 3.8) is 0 Å². The van der Waals surface area contributed by atoms with Crippen LogP contribution in [0.1, 0.15) is 120 Å². The van der Waals surface area contributed by atoms with Gasteiger partial charge in [-0.2, -0.15) is 13.2 Å². The lowest BCUT2D eigenvalue weighted by Crippen LogP contribution is -2.25. The summed E-state index contributed by atoms with van der Waals surface area (Å²) < 4.78 is 76.9. The maximum atomic E-state index is 13.7. The maximum absolute atomic E-state index is 13.7. The summed E-state index contributed by atoms with van der Waals surface area (Å²) in [5.74, 6) is 1.81. The minimum absolute atomic E-state index is 0.108. The van der Waals surface area contributed by atoms with Crippen molar-refractivity contribution in [3.05, 3.63) is 35.1 Å². The Morgan fingerprint density at radius 1 is 0.750 bits per heavy atom. The largest absolute Gasteiger partial charge is 0.419 e. The monoisotopic (exact) mass is 518 g/mol. The number of benzene rings is 1. The molecule has 0 heterocycles. The summed E-state index contributed by atoms with van der Waals surface area (Å²) in [5, 5.41) is 0. The summed E-state index contributed by atoms with van der Waals surface area (Å²) in [6.07, 6.45) is 10.5. The van der Waals surface area contributed by atoms with Crippen molar-refractivity contribution in [2.75, 3.05) is 6.67 Å². The topological polar surface area (TPSA) is 0 Å². The minimum Gasteiger partial charge on any atom is -0.251 e. The van der Waals surface area contributed by atoms with Crippen LogP contribution in [0.2, 0.25) is 0 Å². The van der Waals surface area contributed by atoms with E-state index in [-0.39, 0.29) is 12.6 Å². The summed E-state index contributed by atoms with van der Waals surface area (Å²) in [5.41, 5.74) is -0.519. The third-order valence-corrected chi connectivity index (χ3v) is 9.09. The Hall–Kier alpha value is -1.20. The van der Waals surface area contributed by atoms with Crippen LogP contribution in [-0.4, -0.2) is 12.8 Å². The van der Waals surface area contributed by atoms with Crippen LogP contribution in [-0.2, 0) is 6.18 Å². The van der Waals surface area contributed by atoms with Gasteiger partial charge in [0, 0.05) is 0 Å². The lowest BCUT2D eigenvalue weighted by atomic mass is 9.69. The second-order valence-corrected chi connectivity index (χ2v) is 11.5. The van der Waals surface area contributed by atoms with Crippen molar-refractivity contribution in [1.29, 1.82) is 0 Å². The summed E-state index contributed by atoms with van der Waals surface area (Å²) in [6, 6.07) is 3.34. The molecule has 3 saturated carbocycles. The zero-order chi connectivity index (χ0) is 26.1. The molecule has 0 aliphatic heterocycles. The maximum Gasteiger partial charge on any atom is 0.419 e. The highest BCUT2D eigenvalue weighted by atomic mass is 19.4. The molecular weight excluding hydrogens is 474 g/mol. The molecule has 0 atom stereocenters. The van der Waals surface area contributed by atoms with Crippen molar-refractivity contribution in [2.45, 2.75) is 122 Å². The zero-order valence-corrected chi connectivity index (χ0v) is 21.8. The third kappa shape index (κ3) is 8.68. The van der Waals surface area contributed by atoms with Gasteiger partial charge in [0.15, 0.2) is 0 Å². The second-order valence-electron chi connectivity index (χ2n) is 11.5. The van der Waals surface area contributed by atoms with E-state index in [4.69, 9.17) is 0 Å². The molecule has 1 aromatic carbocycles. The van der Waals surface area contributed by atoms with Crippen LogP contribution in [0.25, 0.3) is 0 Å². The Balaban J connectivity index is 0.000000253. The predicted molar refractivity (Wildman–Crippen MR) is 134 cm³/mol. The van der Waals surface area contributed by atoms with Crippen LogP contribution in [0.5, 0.6) is 0 Å². The van der Waals surface area contributed by atoms with Crippen LogP contribution >= 0.6 is 0 Å². The van der Waals surface area contributed by atoms with Crippen LogP contribution in [0.4, 0.5) is 26.3 Å². The molecule has 0 amide bonds. The van der Waals surface area contributed by atoms with E-state index < -0.39 is 23.7 Å². The van der Waals surface area contributed by atoms with E-state index in [0.717, 1.165) is 63.0 Å². The van der Waals surface area contributed by atoms with Crippen LogP contribution in [0.15, 0.2) is 18.2 Å². The molecule has 0 saturated heterocycles. The summed E-state index contributed by atoms with van der Waals surface area (Å²) in [7, 11) is 0. The fraction of sp³-hybridized carbons (Fsp3) is 0.800. The molecule has 4 rings (SSSR count). The Morgan fingerprint density at radius 2 is 1.28 bits per heavy atom. The molecule has 3 fully saturated rings. The van der Waals surface area contributed by atoms with E-state index in [9.17, 15) is 26.3 Å². The van der Waals surface area contributed by atoms with E-state index in [1.54, 1.807) is 0 Å². The van der Waals surface area contributed by atoms with Gasteiger partial charge in [-0.3, -0.25) is 4.39 Å². The molecule has 206 valence electrons. The molecule has 0 N–H and O–H groups in total. The normalized spacial score (nSPS) is 31.4. The van der Waals surface area contributed by atoms with Gasteiger partial charge in [-0.15, -0.1) is 0 Å². The van der Waals surface area contributed by atoms with Gasteiger partial charge < -0.3 is 0 Å². The highest BCUT2D eigenvalue weighted by Gasteiger charge is 2.35. The first kappa shape index (κ1) is 29.4. The second kappa shape index (κ2) is 14.1. The molecule has 0 aromatic heterocycles. The van der Waals surface area contributed by atoms with Gasteiger partial charge in [-0.25, -0.2) is 8.78 Å². The predicted octanol–water partition coefficient (Wildman–Crippen LogP) is 10.6. The van der Waals surface area contributed by atoms with Gasteiger partial charge in [-0.1, -0.05) is 51.5 Å². The van der Waals surface area contributed by atoms with Crippen molar-refractivity contribution in [2.24, 2.45) is 23.7 Å². The lowest BCUT2D eigenvalue weighted by molar-refractivity contribution is -0.140. The first-order valence-electron chi connectivity index (χ1n) is 14.3. The Labute approximate surface area is 213 Å². The van der Waals surface area contributed by atoms with E-state index >= 15 is 0 Å². The van der Waals surface area contributed by atoms with Crippen LogP contribution in [0.3, 0.4) is 0 Å². The number of alkyl halides is 5. The molecule has 3 aliphatic carbocycles. The first-order chi connectivity index (χ1) is 17.2. The van der Waals surface area contributed by atoms with E-state index in [2.05, 4.69) is 6.92 Å². The number of hydrogen-bond donors (Lipinski definition) is 0. The Morgan fingerprint density at radius 3 is 1.75 bits per heavy atom. The average molecular weight is 519 g/mol. The molecule has 0 spiro atoms. The highest BCUT2D eigenvalue weighted by molar-refractivity contribution is 5.29. The third-order valence-electron chi connectivity index (χ3n) is 9.09. The molecule has 6 heteroatoms. The highest BCUT2D eigenvalue weighted by Crippen LogP contribution is 2.44. The molecule has 3 aliphatic rings. The Kier molecular flexibility index (Phi) is 11.5. The standard InChI is InChI=1S/C19H23F5.C11H21F/c20-16-8-5-13(6-9-16)12-1-3-14(4-2-12)15-7-10-17(18(21)11-15)19(22,23)24;1-2-3-10-4-6-11(7-5-10)8-9-12/h7,10-14,16H,1-6,8-9H2;10-11H,2-9H2,1H3. The smallest absolute Gasteiger partial charge is 0.251 e. The summed E-state index contributed by atoms with van der Waals surface area (Å²) in [4.78, 5) is 0. The van der Waals surface area contributed by atoms with Crippen molar-refractivity contribution < 1.29 is 26.3 Å². The number of rotatable bonds is 6. The molecule has 0 nitrogen and oxygen atoms in total. The van der Waals surface area contributed by atoms with Crippen LogP contribution in [0, 0.1) is 29.5 Å². The van der Waals surface area contributed by atoms with Crippen molar-refractivity contribution >= 4 is 0 Å². The fourth-order valence-corrected chi connectivity index (χ4v) is 6.86. The molecule has 1 aromatic rings. The van der Waals surface area contributed by atoms with Gasteiger partial charge in [0.25, 0.3) is 0 Å². The van der Waals surface area contributed by atoms with Gasteiger partial charge in [-0.05, 0) is 105 Å². The van der Waals surface area contributed by atoms with Crippen molar-refractivity contribution in [1.82, 2.24) is 0 Å². The SMILES string of the molecule is CCCC1CCC(CCF)CC1.Fc1cc(C2CCC(C3CCC(F)CC3)CC2)ccc1C(F)(F)F. The van der Waals surface area contributed by atoms with Gasteiger partial charge in [0.1, 0.15) is 12.0 Å². The quantitative estimate of drug-likeness (QED) is 0.329. The van der Waals surface area contributed by atoms with E-state index in [0.29, 0.717) is 36.2 Å². The number of halogens is 6. The van der Waals surface area contributed by atoms with Crippen molar-refractivity contribution in [3.8, 4) is 0 Å². The van der Waals surface area contributed by atoms with Crippen LogP contribution < -0.4 is 0 Å². The minimum atomic E-state index is -4.64.